The van der Waals surface area contributed by atoms with Crippen molar-refractivity contribution in [3.8, 4) is 0 Å². The first-order valence-corrected chi connectivity index (χ1v) is 7.59. The van der Waals surface area contributed by atoms with Crippen molar-refractivity contribution in [2.45, 2.75) is 37.9 Å². The van der Waals surface area contributed by atoms with Crippen molar-refractivity contribution in [1.29, 1.82) is 0 Å². The summed E-state index contributed by atoms with van der Waals surface area (Å²) >= 11 is 0. The molecule has 18 heavy (non-hydrogen) atoms. The highest BCUT2D eigenvalue weighted by atomic mass is 32.2. The fourth-order valence-corrected chi connectivity index (χ4v) is 3.42. The molecule has 1 aromatic heterocycles. The van der Waals surface area contributed by atoms with Gasteiger partial charge in [0.15, 0.2) is 5.03 Å². The predicted molar refractivity (Wildman–Crippen MR) is 66.4 cm³/mol. The number of piperidine rings is 1. The van der Waals surface area contributed by atoms with Crippen LogP contribution in [-0.2, 0) is 16.6 Å². The van der Waals surface area contributed by atoms with Gasteiger partial charge in [0.05, 0.1) is 12.4 Å². The van der Waals surface area contributed by atoms with Gasteiger partial charge in [0.2, 0.25) is 0 Å². The number of aromatic nitrogens is 2. The summed E-state index contributed by atoms with van der Waals surface area (Å²) in [6.45, 7) is 5.13. The van der Waals surface area contributed by atoms with E-state index in [-0.39, 0.29) is 17.5 Å². The van der Waals surface area contributed by atoms with E-state index in [1.807, 2.05) is 13.8 Å². The number of aliphatic hydroxyl groups is 1. The summed E-state index contributed by atoms with van der Waals surface area (Å²) in [5.41, 5.74) is 0. The van der Waals surface area contributed by atoms with Crippen LogP contribution >= 0.6 is 0 Å². The number of aryl methyl sites for hydroxylation is 1. The van der Waals surface area contributed by atoms with Crippen LogP contribution < -0.4 is 0 Å². The van der Waals surface area contributed by atoms with E-state index in [2.05, 4.69) is 4.98 Å². The summed E-state index contributed by atoms with van der Waals surface area (Å²) in [7, 11) is -3.57. The minimum absolute atomic E-state index is 0.0612. The van der Waals surface area contributed by atoms with Crippen LogP contribution in [0.5, 0.6) is 0 Å². The fraction of sp³-hybridized carbons (Fsp3) is 0.727. The van der Waals surface area contributed by atoms with E-state index in [4.69, 9.17) is 0 Å². The molecule has 0 aromatic carbocycles. The van der Waals surface area contributed by atoms with Crippen LogP contribution in [0.2, 0.25) is 0 Å². The van der Waals surface area contributed by atoms with Gasteiger partial charge in [0, 0.05) is 25.8 Å². The second kappa shape index (κ2) is 4.99. The Bertz CT molecular complexity index is 511. The summed E-state index contributed by atoms with van der Waals surface area (Å²) in [6, 6.07) is 0. The quantitative estimate of drug-likeness (QED) is 0.859. The third-order valence-electron chi connectivity index (χ3n) is 3.46. The van der Waals surface area contributed by atoms with Gasteiger partial charge in [-0.15, -0.1) is 0 Å². The van der Waals surface area contributed by atoms with E-state index in [1.165, 1.54) is 16.8 Å². The minimum Gasteiger partial charge on any atom is -0.391 e. The number of rotatable bonds is 3. The molecule has 2 heterocycles. The van der Waals surface area contributed by atoms with Gasteiger partial charge in [-0.1, -0.05) is 6.92 Å². The van der Waals surface area contributed by atoms with Crippen LogP contribution in [0.4, 0.5) is 0 Å². The Balaban J connectivity index is 2.21. The molecule has 0 radical (unpaired) electrons. The first-order valence-electron chi connectivity index (χ1n) is 6.15. The fourth-order valence-electron chi connectivity index (χ4n) is 2.02. The molecule has 6 nitrogen and oxygen atoms in total. The molecule has 1 N–H and O–H groups in total. The van der Waals surface area contributed by atoms with Crippen molar-refractivity contribution in [3.05, 3.63) is 12.5 Å². The van der Waals surface area contributed by atoms with Gasteiger partial charge in [-0.05, 0) is 19.3 Å². The van der Waals surface area contributed by atoms with Crippen molar-refractivity contribution in [2.24, 2.45) is 5.92 Å². The first kappa shape index (κ1) is 13.5. The lowest BCUT2D eigenvalue weighted by atomic mass is 9.98. The normalized spacial score (nSPS) is 26.4. The van der Waals surface area contributed by atoms with E-state index in [9.17, 15) is 13.5 Å². The lowest BCUT2D eigenvalue weighted by molar-refractivity contribution is 0.0604. The highest BCUT2D eigenvalue weighted by molar-refractivity contribution is 7.89. The molecule has 102 valence electrons. The van der Waals surface area contributed by atoms with Gasteiger partial charge in [0.25, 0.3) is 10.0 Å². The van der Waals surface area contributed by atoms with E-state index in [1.54, 1.807) is 4.57 Å². The van der Waals surface area contributed by atoms with Crippen LogP contribution in [-0.4, -0.2) is 46.6 Å². The van der Waals surface area contributed by atoms with Crippen molar-refractivity contribution >= 4 is 10.0 Å². The summed E-state index contributed by atoms with van der Waals surface area (Å²) in [5.74, 6) is 0.143. The Morgan fingerprint density at radius 1 is 1.56 bits per heavy atom. The van der Waals surface area contributed by atoms with Gasteiger partial charge >= 0.3 is 0 Å². The molecule has 0 spiro atoms. The Morgan fingerprint density at radius 2 is 2.28 bits per heavy atom. The molecule has 1 aliphatic heterocycles. The Labute approximate surface area is 107 Å². The lowest BCUT2D eigenvalue weighted by Crippen LogP contribution is -2.45. The molecule has 1 saturated heterocycles. The Morgan fingerprint density at radius 3 is 2.83 bits per heavy atom. The zero-order valence-corrected chi connectivity index (χ0v) is 11.5. The molecule has 1 aromatic rings. The number of aliphatic hydroxyl groups excluding tert-OH is 1. The molecule has 2 unspecified atom stereocenters. The van der Waals surface area contributed by atoms with Crippen molar-refractivity contribution < 1.29 is 13.5 Å². The maximum atomic E-state index is 12.3. The molecule has 7 heteroatoms. The summed E-state index contributed by atoms with van der Waals surface area (Å²) in [5, 5.41) is 9.84. The van der Waals surface area contributed by atoms with E-state index < -0.39 is 16.1 Å². The molecule has 1 aliphatic rings. The summed E-state index contributed by atoms with van der Waals surface area (Å²) < 4.78 is 27.7. The van der Waals surface area contributed by atoms with Crippen LogP contribution in [0.3, 0.4) is 0 Å². The van der Waals surface area contributed by atoms with Gasteiger partial charge in [-0.3, -0.25) is 0 Å². The van der Waals surface area contributed by atoms with Crippen molar-refractivity contribution in [3.63, 3.8) is 0 Å². The van der Waals surface area contributed by atoms with Crippen molar-refractivity contribution in [2.75, 3.05) is 13.1 Å². The molecule has 0 aliphatic carbocycles. The number of sulfonamides is 1. The minimum atomic E-state index is -3.57. The molecular weight excluding hydrogens is 254 g/mol. The van der Waals surface area contributed by atoms with Gasteiger partial charge in [-0.25, -0.2) is 13.4 Å². The smallest absolute Gasteiger partial charge is 0.262 e. The van der Waals surface area contributed by atoms with Crippen LogP contribution in [0.15, 0.2) is 17.6 Å². The van der Waals surface area contributed by atoms with E-state index in [0.29, 0.717) is 19.5 Å². The van der Waals surface area contributed by atoms with Crippen LogP contribution in [0.25, 0.3) is 0 Å². The topological polar surface area (TPSA) is 75.4 Å². The molecule has 0 bridgehead atoms. The SMILES string of the molecule is CCn1cnc(S(=O)(=O)N2CCC(C)C(O)C2)c1. The van der Waals surface area contributed by atoms with Gasteiger partial charge < -0.3 is 9.67 Å². The molecule has 1 fully saturated rings. The monoisotopic (exact) mass is 273 g/mol. The maximum Gasteiger partial charge on any atom is 0.262 e. The van der Waals surface area contributed by atoms with Gasteiger partial charge in [-0.2, -0.15) is 4.31 Å². The molecule has 2 rings (SSSR count). The maximum absolute atomic E-state index is 12.3. The number of imidazole rings is 1. The second-order valence-electron chi connectivity index (χ2n) is 4.74. The molecular formula is C11H19N3O3S. The largest absolute Gasteiger partial charge is 0.391 e. The van der Waals surface area contributed by atoms with E-state index in [0.717, 1.165) is 0 Å². The third kappa shape index (κ3) is 2.43. The predicted octanol–water partition coefficient (Wildman–Crippen LogP) is 0.294. The highest BCUT2D eigenvalue weighted by Gasteiger charge is 2.33. The molecule has 0 amide bonds. The lowest BCUT2D eigenvalue weighted by Gasteiger charge is -2.32. The number of β-amino-alcohol motifs (C(OH)–C–C–N with tert-alkyl or cyclic N) is 1. The van der Waals surface area contributed by atoms with Gasteiger partial charge in [0.1, 0.15) is 0 Å². The van der Waals surface area contributed by atoms with Crippen LogP contribution in [0, 0.1) is 5.92 Å². The summed E-state index contributed by atoms with van der Waals surface area (Å²) in [4.78, 5) is 3.93. The zero-order valence-electron chi connectivity index (χ0n) is 10.7. The molecule has 0 saturated carbocycles. The second-order valence-corrected chi connectivity index (χ2v) is 6.62. The average Bonchev–Trinajstić information content (AvgIpc) is 2.81. The number of hydrogen-bond donors (Lipinski definition) is 1. The zero-order chi connectivity index (χ0) is 13.3. The number of hydrogen-bond acceptors (Lipinski definition) is 4. The van der Waals surface area contributed by atoms with Crippen LogP contribution in [0.1, 0.15) is 20.3 Å². The highest BCUT2D eigenvalue weighted by Crippen LogP contribution is 2.22. The standard InChI is InChI=1S/C11H19N3O3S/c1-3-13-7-11(12-8-13)18(16,17)14-5-4-9(2)10(15)6-14/h7-10,15H,3-6H2,1-2H3. The average molecular weight is 273 g/mol. The van der Waals surface area contributed by atoms with E-state index >= 15 is 0 Å². The molecule has 2 atom stereocenters. The summed E-state index contributed by atoms with van der Waals surface area (Å²) in [6.07, 6.45) is 3.12. The Hall–Kier alpha value is -0.920. The first-order chi connectivity index (χ1) is 8.45. The third-order valence-corrected chi connectivity index (χ3v) is 5.21. The Kier molecular flexibility index (Phi) is 3.74. The number of nitrogens with zero attached hydrogens (tertiary/aromatic N) is 3. The van der Waals surface area contributed by atoms with Crippen molar-refractivity contribution in [1.82, 2.24) is 13.9 Å².